The summed E-state index contributed by atoms with van der Waals surface area (Å²) in [6.07, 6.45) is 5.25. The summed E-state index contributed by atoms with van der Waals surface area (Å²) in [6, 6.07) is 3.48. The van der Waals surface area contributed by atoms with Gasteiger partial charge in [0.2, 0.25) is 0 Å². The van der Waals surface area contributed by atoms with Crippen LogP contribution in [0.25, 0.3) is 5.57 Å². The molecule has 0 radical (unpaired) electrons. The van der Waals surface area contributed by atoms with Crippen LogP contribution in [0.3, 0.4) is 0 Å². The molecule has 3 aliphatic heterocycles. The SMILES string of the molecule is CN=CC(=CN)c1cc2c(cc1C(F)F)N(c1nn([C@H]3CCCOCC3)c3c1CN(C(=O)NC)CC3)CCC2. The highest BCUT2D eigenvalue weighted by Crippen LogP contribution is 2.42. The Hall–Kier alpha value is -3.47. The smallest absolute Gasteiger partial charge is 0.317 e. The summed E-state index contributed by atoms with van der Waals surface area (Å²) in [7, 11) is 3.22. The van der Waals surface area contributed by atoms with Crippen molar-refractivity contribution < 1.29 is 18.3 Å². The Morgan fingerprint density at radius 1 is 1.23 bits per heavy atom. The number of rotatable bonds is 5. The van der Waals surface area contributed by atoms with Gasteiger partial charge in [-0.3, -0.25) is 9.67 Å². The van der Waals surface area contributed by atoms with Gasteiger partial charge >= 0.3 is 6.03 Å². The van der Waals surface area contributed by atoms with Gasteiger partial charge in [0, 0.05) is 87.3 Å². The Kier molecular flexibility index (Phi) is 8.15. The number of aliphatic imine (C=N–C) groups is 1. The molecule has 1 saturated heterocycles. The number of urea groups is 1. The zero-order valence-corrected chi connectivity index (χ0v) is 22.6. The molecule has 1 fully saturated rings. The van der Waals surface area contributed by atoms with E-state index in [1.807, 2.05) is 6.07 Å². The van der Waals surface area contributed by atoms with Gasteiger partial charge in [-0.05, 0) is 55.4 Å². The molecule has 5 rings (SSSR count). The van der Waals surface area contributed by atoms with Crippen molar-refractivity contribution in [3.05, 3.63) is 46.3 Å². The average molecular weight is 542 g/mol. The number of hydrogen-bond acceptors (Lipinski definition) is 6. The third-order valence-corrected chi connectivity index (χ3v) is 7.95. The number of halogens is 2. The van der Waals surface area contributed by atoms with Crippen LogP contribution in [-0.2, 0) is 24.1 Å². The topological polar surface area (TPSA) is 101 Å². The van der Waals surface area contributed by atoms with Gasteiger partial charge in [-0.1, -0.05) is 0 Å². The molecule has 3 aliphatic rings. The lowest BCUT2D eigenvalue weighted by atomic mass is 9.92. The lowest BCUT2D eigenvalue weighted by Gasteiger charge is -2.33. The van der Waals surface area contributed by atoms with Crippen molar-refractivity contribution in [3.8, 4) is 0 Å². The zero-order chi connectivity index (χ0) is 27.5. The fourth-order valence-corrected chi connectivity index (χ4v) is 6.05. The number of amides is 2. The van der Waals surface area contributed by atoms with Crippen LogP contribution in [0, 0.1) is 0 Å². The van der Waals surface area contributed by atoms with E-state index in [0.29, 0.717) is 43.8 Å². The first-order chi connectivity index (χ1) is 19.0. The molecular weight excluding hydrogens is 504 g/mol. The predicted octanol–water partition coefficient (Wildman–Crippen LogP) is 4.34. The third-order valence-electron chi connectivity index (χ3n) is 7.95. The van der Waals surface area contributed by atoms with Crippen LogP contribution in [0.5, 0.6) is 0 Å². The molecule has 11 heteroatoms. The van der Waals surface area contributed by atoms with Gasteiger partial charge in [0.25, 0.3) is 6.43 Å². The number of allylic oxidation sites excluding steroid dienone is 1. The molecule has 9 nitrogen and oxygen atoms in total. The van der Waals surface area contributed by atoms with E-state index in [9.17, 15) is 13.6 Å². The quantitative estimate of drug-likeness (QED) is 0.549. The molecule has 1 atom stereocenters. The number of benzene rings is 1. The van der Waals surface area contributed by atoms with E-state index in [0.717, 1.165) is 67.0 Å². The van der Waals surface area contributed by atoms with E-state index in [2.05, 4.69) is 19.9 Å². The second-order valence-electron chi connectivity index (χ2n) is 10.3. The maximum Gasteiger partial charge on any atom is 0.317 e. The Bertz CT molecular complexity index is 1270. The summed E-state index contributed by atoms with van der Waals surface area (Å²) in [5.74, 6) is 0.752. The van der Waals surface area contributed by atoms with Crippen LogP contribution in [0.1, 0.15) is 66.1 Å². The van der Waals surface area contributed by atoms with Gasteiger partial charge in [0.1, 0.15) is 0 Å². The van der Waals surface area contributed by atoms with Crippen molar-refractivity contribution >= 4 is 29.3 Å². The molecular formula is C28H37F2N7O2. The van der Waals surface area contributed by atoms with E-state index in [1.54, 1.807) is 25.1 Å². The minimum atomic E-state index is -2.68. The Morgan fingerprint density at radius 3 is 2.82 bits per heavy atom. The Labute approximate surface area is 227 Å². The first kappa shape index (κ1) is 27.1. The number of anilines is 2. The summed E-state index contributed by atoms with van der Waals surface area (Å²) in [4.78, 5) is 20.4. The van der Waals surface area contributed by atoms with Crippen LogP contribution in [0.2, 0.25) is 0 Å². The third kappa shape index (κ3) is 5.24. The van der Waals surface area contributed by atoms with Crippen LogP contribution < -0.4 is 16.0 Å². The number of ether oxygens (including phenoxy) is 1. The second kappa shape index (κ2) is 11.7. The van der Waals surface area contributed by atoms with Gasteiger partial charge in [-0.25, -0.2) is 13.6 Å². The van der Waals surface area contributed by atoms with Gasteiger partial charge in [-0.15, -0.1) is 0 Å². The minimum Gasteiger partial charge on any atom is -0.404 e. The number of hydrogen-bond donors (Lipinski definition) is 2. The lowest BCUT2D eigenvalue weighted by molar-refractivity contribution is 0.141. The highest BCUT2D eigenvalue weighted by atomic mass is 19.3. The number of carbonyl (C=O) groups is 1. The molecule has 1 aromatic heterocycles. The number of nitrogens with one attached hydrogen (secondary N) is 1. The average Bonchev–Trinajstić information content (AvgIpc) is 3.12. The minimum absolute atomic E-state index is 0.0848. The number of aromatic nitrogens is 2. The number of fused-ring (bicyclic) bond motifs is 2. The van der Waals surface area contributed by atoms with Gasteiger partial charge in [0.15, 0.2) is 5.82 Å². The molecule has 2 amide bonds. The fraction of sp³-hybridized carbons (Fsp3) is 0.536. The zero-order valence-electron chi connectivity index (χ0n) is 22.6. The van der Waals surface area contributed by atoms with Gasteiger partial charge < -0.3 is 25.6 Å². The molecule has 0 bridgehead atoms. The van der Waals surface area contributed by atoms with Crippen LogP contribution in [-0.4, -0.2) is 67.3 Å². The maximum absolute atomic E-state index is 14.4. The summed E-state index contributed by atoms with van der Waals surface area (Å²) in [5.41, 5.74) is 10.4. The van der Waals surface area contributed by atoms with Crippen molar-refractivity contribution in [3.63, 3.8) is 0 Å². The molecule has 0 spiro atoms. The largest absolute Gasteiger partial charge is 0.404 e. The number of aryl methyl sites for hydroxylation is 1. The van der Waals surface area contributed by atoms with E-state index in [1.165, 1.54) is 12.4 Å². The van der Waals surface area contributed by atoms with Crippen LogP contribution >= 0.6 is 0 Å². The predicted molar refractivity (Wildman–Crippen MR) is 148 cm³/mol. The molecule has 4 heterocycles. The molecule has 2 aromatic rings. The first-order valence-electron chi connectivity index (χ1n) is 13.7. The number of carbonyl (C=O) groups excluding carboxylic acids is 1. The van der Waals surface area contributed by atoms with Crippen molar-refractivity contribution in [2.24, 2.45) is 10.7 Å². The Morgan fingerprint density at radius 2 is 2.08 bits per heavy atom. The van der Waals surface area contributed by atoms with Crippen molar-refractivity contribution in [1.29, 1.82) is 0 Å². The van der Waals surface area contributed by atoms with Crippen molar-refractivity contribution in [1.82, 2.24) is 20.0 Å². The van der Waals surface area contributed by atoms with E-state index in [-0.39, 0.29) is 17.6 Å². The van der Waals surface area contributed by atoms with E-state index in [4.69, 9.17) is 15.6 Å². The standard InChI is InChI=1S/C28H37F2N7O2/c1-32-16-19(15-31)21-13-18-5-3-9-36(25(18)14-22(21)26(29)30)27-23-17-35(28(38)33-2)10-7-24(23)37(34-27)20-6-4-11-39-12-8-20/h13-16,20,26H,3-12,17,31H2,1-2H3,(H,33,38)/t20-/m0/s1. The highest BCUT2D eigenvalue weighted by molar-refractivity contribution is 6.10. The number of nitrogens with zero attached hydrogens (tertiary/aromatic N) is 5. The summed E-state index contributed by atoms with van der Waals surface area (Å²) >= 11 is 0. The van der Waals surface area contributed by atoms with E-state index < -0.39 is 6.43 Å². The van der Waals surface area contributed by atoms with Crippen molar-refractivity contribution in [2.45, 2.75) is 57.5 Å². The molecule has 210 valence electrons. The molecule has 0 unspecified atom stereocenters. The lowest BCUT2D eigenvalue weighted by Crippen LogP contribution is -2.42. The molecule has 0 aliphatic carbocycles. The maximum atomic E-state index is 14.4. The van der Waals surface area contributed by atoms with E-state index >= 15 is 0 Å². The molecule has 0 saturated carbocycles. The summed E-state index contributed by atoms with van der Waals surface area (Å²) < 4.78 is 36.6. The number of alkyl halides is 2. The molecule has 3 N–H and O–H groups in total. The van der Waals surface area contributed by atoms with Crippen LogP contribution in [0.4, 0.5) is 25.1 Å². The van der Waals surface area contributed by atoms with Crippen LogP contribution in [0.15, 0.2) is 23.3 Å². The Balaban J connectivity index is 1.63. The normalized spacial score (nSPS) is 20.2. The second-order valence-corrected chi connectivity index (χ2v) is 10.3. The molecule has 1 aromatic carbocycles. The summed E-state index contributed by atoms with van der Waals surface area (Å²) in [5, 5.41) is 7.90. The highest BCUT2D eigenvalue weighted by Gasteiger charge is 2.34. The molecule has 39 heavy (non-hydrogen) atoms. The van der Waals surface area contributed by atoms with Crippen molar-refractivity contribution in [2.75, 3.05) is 45.3 Å². The van der Waals surface area contributed by atoms with Gasteiger partial charge in [0.05, 0.1) is 12.6 Å². The summed E-state index contributed by atoms with van der Waals surface area (Å²) in [6.45, 7) is 3.11. The fourth-order valence-electron chi connectivity index (χ4n) is 6.05. The number of nitrogens with two attached hydrogens (primary N) is 1. The first-order valence-corrected chi connectivity index (χ1v) is 13.7. The van der Waals surface area contributed by atoms with Gasteiger partial charge in [-0.2, -0.15) is 5.10 Å². The monoisotopic (exact) mass is 541 g/mol.